The van der Waals surface area contributed by atoms with Crippen molar-refractivity contribution in [2.75, 3.05) is 13.7 Å². The van der Waals surface area contributed by atoms with Crippen LogP contribution in [0.1, 0.15) is 41.6 Å². The molecule has 11 heteroatoms. The number of methoxy groups -OCH3 is 1. The molecular weight excluding hydrogens is 600 g/mol. The van der Waals surface area contributed by atoms with E-state index in [4.69, 9.17) is 13.9 Å². The van der Waals surface area contributed by atoms with Crippen LogP contribution in [0.25, 0.3) is 17.4 Å². The number of aromatic nitrogens is 1. The van der Waals surface area contributed by atoms with Crippen molar-refractivity contribution in [1.82, 2.24) is 4.57 Å². The summed E-state index contributed by atoms with van der Waals surface area (Å²) in [7, 11) is 1.56. The van der Waals surface area contributed by atoms with Gasteiger partial charge in [-0.2, -0.15) is 0 Å². The summed E-state index contributed by atoms with van der Waals surface area (Å²) in [6.07, 6.45) is 1.61. The zero-order chi connectivity index (χ0) is 28.6. The SMILES string of the molecule is CCOC(=O)C1=C(C)N=c2s/c(=C\c3ccc(-c4cccc(C(=O)O)c4)o3)c(=O)n2C1c1ccc(OC)c(Br)c1. The number of ether oxygens (including phenoxy) is 2. The van der Waals surface area contributed by atoms with Gasteiger partial charge in [0.15, 0.2) is 4.80 Å². The number of benzene rings is 2. The average Bonchev–Trinajstić information content (AvgIpc) is 3.52. The van der Waals surface area contributed by atoms with Crippen LogP contribution in [0, 0.1) is 0 Å². The molecule has 1 atom stereocenters. The second-order valence-corrected chi connectivity index (χ2v) is 10.6. The minimum atomic E-state index is -1.04. The first-order valence-electron chi connectivity index (χ1n) is 12.2. The Hall–Kier alpha value is -4.22. The fraction of sp³-hybridized carbons (Fsp3) is 0.172. The van der Waals surface area contributed by atoms with Crippen LogP contribution in [0.2, 0.25) is 0 Å². The van der Waals surface area contributed by atoms with Gasteiger partial charge < -0.3 is 19.0 Å². The molecule has 2 aromatic carbocycles. The topological polar surface area (TPSA) is 120 Å². The first-order valence-corrected chi connectivity index (χ1v) is 13.8. The lowest BCUT2D eigenvalue weighted by atomic mass is 9.96. The smallest absolute Gasteiger partial charge is 0.338 e. The van der Waals surface area contributed by atoms with Crippen LogP contribution in [-0.4, -0.2) is 35.3 Å². The quantitative estimate of drug-likeness (QED) is 0.301. The summed E-state index contributed by atoms with van der Waals surface area (Å²) in [6, 6.07) is 14.4. The Morgan fingerprint density at radius 2 is 2.00 bits per heavy atom. The number of halogens is 1. The molecule has 0 radical (unpaired) electrons. The van der Waals surface area contributed by atoms with E-state index in [1.165, 1.54) is 28.0 Å². The van der Waals surface area contributed by atoms with Crippen molar-refractivity contribution in [3.63, 3.8) is 0 Å². The molecule has 0 saturated carbocycles. The normalized spacial score (nSPS) is 15.0. The van der Waals surface area contributed by atoms with Gasteiger partial charge in [0.2, 0.25) is 0 Å². The summed E-state index contributed by atoms with van der Waals surface area (Å²) in [5, 5.41) is 9.29. The number of fused-ring (bicyclic) bond motifs is 1. The van der Waals surface area contributed by atoms with Gasteiger partial charge in [0.25, 0.3) is 5.56 Å². The number of nitrogens with zero attached hydrogens (tertiary/aromatic N) is 2. The van der Waals surface area contributed by atoms with Crippen molar-refractivity contribution in [2.24, 2.45) is 4.99 Å². The van der Waals surface area contributed by atoms with Gasteiger partial charge in [-0.15, -0.1) is 0 Å². The van der Waals surface area contributed by atoms with Crippen LogP contribution < -0.4 is 19.6 Å². The van der Waals surface area contributed by atoms with E-state index >= 15 is 0 Å². The predicted molar refractivity (Wildman–Crippen MR) is 152 cm³/mol. The van der Waals surface area contributed by atoms with Crippen molar-refractivity contribution >= 4 is 45.3 Å². The highest BCUT2D eigenvalue weighted by Gasteiger charge is 2.33. The first kappa shape index (κ1) is 27.4. The molecule has 0 aliphatic carbocycles. The van der Waals surface area contributed by atoms with Gasteiger partial charge in [-0.1, -0.05) is 29.5 Å². The molecule has 2 aromatic heterocycles. The molecule has 204 valence electrons. The Bertz CT molecular complexity index is 1870. The molecule has 40 heavy (non-hydrogen) atoms. The van der Waals surface area contributed by atoms with Crippen LogP contribution >= 0.6 is 27.3 Å². The number of allylic oxidation sites excluding steroid dienone is 1. The number of carbonyl (C=O) groups excluding carboxylic acids is 1. The number of hydrogen-bond donors (Lipinski definition) is 1. The summed E-state index contributed by atoms with van der Waals surface area (Å²) < 4.78 is 19.1. The van der Waals surface area contributed by atoms with Crippen LogP contribution in [0.3, 0.4) is 0 Å². The monoisotopic (exact) mass is 622 g/mol. The number of aromatic carboxylic acids is 1. The van der Waals surface area contributed by atoms with Gasteiger partial charge in [-0.3, -0.25) is 9.36 Å². The van der Waals surface area contributed by atoms with Crippen molar-refractivity contribution in [3.05, 3.63) is 107 Å². The highest BCUT2D eigenvalue weighted by Crippen LogP contribution is 2.35. The second-order valence-electron chi connectivity index (χ2n) is 8.78. The summed E-state index contributed by atoms with van der Waals surface area (Å²) in [6.45, 7) is 3.62. The fourth-order valence-corrected chi connectivity index (χ4v) is 6.06. The third kappa shape index (κ3) is 5.05. The van der Waals surface area contributed by atoms with Gasteiger partial charge in [-0.05, 0) is 71.7 Å². The number of hydrogen-bond acceptors (Lipinski definition) is 8. The number of esters is 1. The molecule has 0 saturated heterocycles. The molecule has 0 fully saturated rings. The Morgan fingerprint density at radius 3 is 2.70 bits per heavy atom. The number of carbonyl (C=O) groups is 2. The van der Waals surface area contributed by atoms with Crippen LogP contribution in [0.15, 0.2) is 84.5 Å². The highest BCUT2D eigenvalue weighted by molar-refractivity contribution is 9.10. The van der Waals surface area contributed by atoms with Crippen molar-refractivity contribution in [2.45, 2.75) is 19.9 Å². The molecule has 0 bridgehead atoms. The molecule has 5 rings (SSSR count). The Kier molecular flexibility index (Phi) is 7.59. The second kappa shape index (κ2) is 11.1. The molecule has 3 heterocycles. The van der Waals surface area contributed by atoms with Gasteiger partial charge in [0.05, 0.1) is 45.6 Å². The molecule has 0 amide bonds. The average molecular weight is 623 g/mol. The maximum atomic E-state index is 13.8. The third-order valence-corrected chi connectivity index (χ3v) is 7.91. The van der Waals surface area contributed by atoms with E-state index in [9.17, 15) is 19.5 Å². The van der Waals surface area contributed by atoms with E-state index in [0.29, 0.717) is 47.9 Å². The number of rotatable bonds is 7. The van der Waals surface area contributed by atoms with Crippen molar-refractivity contribution in [1.29, 1.82) is 0 Å². The highest BCUT2D eigenvalue weighted by atomic mass is 79.9. The lowest BCUT2D eigenvalue weighted by molar-refractivity contribution is -0.139. The molecule has 1 aliphatic heterocycles. The molecule has 0 spiro atoms. The zero-order valence-electron chi connectivity index (χ0n) is 21.6. The summed E-state index contributed by atoms with van der Waals surface area (Å²) in [5.41, 5.74) is 1.80. The van der Waals surface area contributed by atoms with E-state index in [1.54, 1.807) is 63.4 Å². The number of thiazole rings is 1. The van der Waals surface area contributed by atoms with Crippen molar-refractivity contribution in [3.8, 4) is 17.1 Å². The van der Waals surface area contributed by atoms with Gasteiger partial charge >= 0.3 is 11.9 Å². The van der Waals surface area contributed by atoms with E-state index in [2.05, 4.69) is 20.9 Å². The minimum absolute atomic E-state index is 0.140. The summed E-state index contributed by atoms with van der Waals surface area (Å²) in [4.78, 5) is 43.2. The van der Waals surface area contributed by atoms with E-state index < -0.39 is 18.0 Å². The third-order valence-electron chi connectivity index (χ3n) is 6.30. The number of carboxylic acids is 1. The van der Waals surface area contributed by atoms with Crippen LogP contribution in [0.4, 0.5) is 0 Å². The Morgan fingerprint density at radius 1 is 1.20 bits per heavy atom. The maximum Gasteiger partial charge on any atom is 0.338 e. The molecule has 1 N–H and O–H groups in total. The molecule has 9 nitrogen and oxygen atoms in total. The van der Waals surface area contributed by atoms with Gasteiger partial charge in [0, 0.05) is 11.6 Å². The minimum Gasteiger partial charge on any atom is -0.496 e. The van der Waals surface area contributed by atoms with E-state index in [0.717, 1.165) is 0 Å². The lowest BCUT2D eigenvalue weighted by Gasteiger charge is -2.25. The number of furan rings is 1. The summed E-state index contributed by atoms with van der Waals surface area (Å²) >= 11 is 4.68. The summed E-state index contributed by atoms with van der Waals surface area (Å²) in [5.74, 6) is -0.105. The standard InChI is InChI=1S/C29H23BrN2O7S/c1-4-38-28(36)24-15(2)31-29-32(25(24)17-8-10-22(37-3)20(30)13-17)26(33)23(40-29)14-19-9-11-21(39-19)16-6-5-7-18(12-16)27(34)35/h5-14,25H,4H2,1-3H3,(H,34,35)/b23-14-. The molecule has 4 aromatic rings. The van der Waals surface area contributed by atoms with E-state index in [-0.39, 0.29) is 23.3 Å². The van der Waals surface area contributed by atoms with Crippen LogP contribution in [0.5, 0.6) is 5.75 Å². The van der Waals surface area contributed by atoms with Gasteiger partial charge in [0.1, 0.15) is 17.3 Å². The maximum absolute atomic E-state index is 13.8. The van der Waals surface area contributed by atoms with Crippen molar-refractivity contribution < 1.29 is 28.6 Å². The fourth-order valence-electron chi connectivity index (χ4n) is 4.48. The largest absolute Gasteiger partial charge is 0.496 e. The number of carboxylic acid groups (broad SMARTS) is 1. The van der Waals surface area contributed by atoms with Gasteiger partial charge in [-0.25, -0.2) is 14.6 Å². The zero-order valence-corrected chi connectivity index (χ0v) is 24.0. The molecule has 1 unspecified atom stereocenters. The predicted octanol–water partition coefficient (Wildman–Crippen LogP) is 4.53. The Balaban J connectivity index is 1.63. The molecular formula is C29H23BrN2O7S. The Labute approximate surface area is 240 Å². The van der Waals surface area contributed by atoms with E-state index in [1.807, 2.05) is 6.07 Å². The molecule has 1 aliphatic rings. The lowest BCUT2D eigenvalue weighted by Crippen LogP contribution is -2.39. The van der Waals surface area contributed by atoms with Crippen LogP contribution in [-0.2, 0) is 9.53 Å². The first-order chi connectivity index (χ1) is 19.2.